The summed E-state index contributed by atoms with van der Waals surface area (Å²) in [4.78, 5) is 13.8. The third-order valence-corrected chi connectivity index (χ3v) is 7.05. The molecule has 2 aliphatic rings. The lowest BCUT2D eigenvalue weighted by Gasteiger charge is -2.20. The van der Waals surface area contributed by atoms with Crippen LogP contribution in [0.15, 0.2) is 47.4 Å². The zero-order chi connectivity index (χ0) is 21.8. The molecule has 2 heterocycles. The number of tetrazole rings is 1. The van der Waals surface area contributed by atoms with Crippen molar-refractivity contribution in [2.45, 2.75) is 50.1 Å². The number of fused-ring (bicyclic) bond motifs is 1. The predicted molar refractivity (Wildman–Crippen MR) is 115 cm³/mol. The Kier molecular flexibility index (Phi) is 4.54. The summed E-state index contributed by atoms with van der Waals surface area (Å²) in [7, 11) is -3.80. The number of hydrogen-bond donors (Lipinski definition) is 1. The molecule has 1 atom stereocenters. The smallest absolute Gasteiger partial charge is 0.261 e. The van der Waals surface area contributed by atoms with Crippen LogP contribution in [-0.2, 0) is 21.2 Å². The minimum atomic E-state index is -3.80. The highest BCUT2D eigenvalue weighted by atomic mass is 32.2. The summed E-state index contributed by atoms with van der Waals surface area (Å²) in [5, 5.41) is 11.9. The molecule has 1 aliphatic carbocycles. The molecule has 1 N–H and O–H groups in total. The molecular weight excluding hydrogens is 416 g/mol. The lowest BCUT2D eigenvalue weighted by molar-refractivity contribution is -0.116. The molecule has 2 aromatic carbocycles. The second kappa shape index (κ2) is 7.16. The Morgan fingerprint density at radius 2 is 1.97 bits per heavy atom. The van der Waals surface area contributed by atoms with E-state index in [1.807, 2.05) is 13.0 Å². The molecule has 0 bridgehead atoms. The summed E-state index contributed by atoms with van der Waals surface area (Å²) in [6.45, 7) is 3.47. The minimum absolute atomic E-state index is 0.00697. The van der Waals surface area contributed by atoms with Crippen molar-refractivity contribution in [1.29, 1.82) is 0 Å². The molecule has 9 nitrogen and oxygen atoms in total. The Balaban J connectivity index is 1.42. The van der Waals surface area contributed by atoms with Crippen molar-refractivity contribution < 1.29 is 13.2 Å². The first-order chi connectivity index (χ1) is 14.8. The van der Waals surface area contributed by atoms with E-state index in [9.17, 15) is 13.2 Å². The fraction of sp³-hybridized carbons (Fsp3) is 0.333. The van der Waals surface area contributed by atoms with E-state index in [4.69, 9.17) is 0 Å². The molecule has 1 unspecified atom stereocenters. The molecule has 1 saturated carbocycles. The molecule has 0 spiro atoms. The molecule has 10 heteroatoms. The number of benzene rings is 2. The molecule has 31 heavy (non-hydrogen) atoms. The van der Waals surface area contributed by atoms with Gasteiger partial charge in [0.25, 0.3) is 10.0 Å². The van der Waals surface area contributed by atoms with Crippen LogP contribution in [0.5, 0.6) is 0 Å². The van der Waals surface area contributed by atoms with Gasteiger partial charge in [-0.15, -0.1) is 5.10 Å². The van der Waals surface area contributed by atoms with E-state index in [1.54, 1.807) is 39.9 Å². The first-order valence-corrected chi connectivity index (χ1v) is 11.7. The van der Waals surface area contributed by atoms with Crippen LogP contribution in [-0.4, -0.2) is 40.6 Å². The number of hydrogen-bond acceptors (Lipinski definition) is 6. The topological polar surface area (TPSA) is 110 Å². The molecule has 0 saturated heterocycles. The maximum absolute atomic E-state index is 13.0. The standard InChI is InChI=1S/C21H22N6O3S/c1-13-10-16-12-19(8-9-20(16)26(13)14(2)28)31(29,30)23-17-5-3-4-15(11-17)21-22-24-25-27(21)18-6-7-18/h3-5,8-9,11-13,18,23H,6-7,10H2,1-2H3. The van der Waals surface area contributed by atoms with E-state index in [1.165, 1.54) is 13.0 Å². The van der Waals surface area contributed by atoms with Crippen LogP contribution in [0.3, 0.4) is 0 Å². The van der Waals surface area contributed by atoms with Crippen molar-refractivity contribution in [2.75, 3.05) is 9.62 Å². The fourth-order valence-electron chi connectivity index (χ4n) is 4.14. The average molecular weight is 439 g/mol. The number of rotatable bonds is 5. The van der Waals surface area contributed by atoms with Crippen LogP contribution < -0.4 is 9.62 Å². The highest BCUT2D eigenvalue weighted by Gasteiger charge is 2.31. The first-order valence-electron chi connectivity index (χ1n) is 10.2. The number of nitrogens with one attached hydrogen (secondary N) is 1. The number of nitrogens with zero attached hydrogens (tertiary/aromatic N) is 5. The molecule has 1 aromatic heterocycles. The zero-order valence-corrected chi connectivity index (χ0v) is 18.0. The van der Waals surface area contributed by atoms with Gasteiger partial charge in [-0.1, -0.05) is 12.1 Å². The molecule has 3 aromatic rings. The molecule has 1 amide bonds. The van der Waals surface area contributed by atoms with Crippen LogP contribution in [0.2, 0.25) is 0 Å². The monoisotopic (exact) mass is 438 g/mol. The van der Waals surface area contributed by atoms with Gasteiger partial charge in [0.2, 0.25) is 5.91 Å². The van der Waals surface area contributed by atoms with Crippen molar-refractivity contribution in [3.63, 3.8) is 0 Å². The third kappa shape index (κ3) is 3.56. The van der Waals surface area contributed by atoms with Crippen LogP contribution in [0.4, 0.5) is 11.4 Å². The summed E-state index contributed by atoms with van der Waals surface area (Å²) in [6.07, 6.45) is 2.71. The number of anilines is 2. The number of carbonyl (C=O) groups is 1. The SMILES string of the molecule is CC(=O)N1c2ccc(S(=O)(=O)Nc3cccc(-c4nnnn4C4CC4)c3)cc2CC1C. The van der Waals surface area contributed by atoms with Gasteiger partial charge in [0.15, 0.2) is 5.82 Å². The summed E-state index contributed by atoms with van der Waals surface area (Å²) in [5.74, 6) is 0.574. The van der Waals surface area contributed by atoms with Crippen molar-refractivity contribution in [3.8, 4) is 11.4 Å². The van der Waals surface area contributed by atoms with E-state index >= 15 is 0 Å². The zero-order valence-electron chi connectivity index (χ0n) is 17.2. The molecule has 160 valence electrons. The average Bonchev–Trinajstić information content (AvgIpc) is 3.33. The quantitative estimate of drug-likeness (QED) is 0.656. The summed E-state index contributed by atoms with van der Waals surface area (Å²) in [5.41, 5.74) is 2.80. The molecule has 0 radical (unpaired) electrons. The van der Waals surface area contributed by atoms with E-state index in [0.717, 1.165) is 29.7 Å². The van der Waals surface area contributed by atoms with Gasteiger partial charge >= 0.3 is 0 Å². The minimum Gasteiger partial charge on any atom is -0.309 e. The third-order valence-electron chi connectivity index (χ3n) is 5.67. The maximum Gasteiger partial charge on any atom is 0.261 e. The van der Waals surface area contributed by atoms with Crippen molar-refractivity contribution >= 4 is 27.3 Å². The van der Waals surface area contributed by atoms with Crippen molar-refractivity contribution in [1.82, 2.24) is 20.2 Å². The van der Waals surface area contributed by atoms with Crippen LogP contribution in [0.25, 0.3) is 11.4 Å². The Bertz CT molecular complexity index is 1280. The summed E-state index contributed by atoms with van der Waals surface area (Å²) >= 11 is 0. The predicted octanol–water partition coefficient (Wildman–Crippen LogP) is 2.77. The van der Waals surface area contributed by atoms with Gasteiger partial charge in [0.05, 0.1) is 10.9 Å². The summed E-state index contributed by atoms with van der Waals surface area (Å²) < 4.78 is 30.5. The second-order valence-corrected chi connectivity index (χ2v) is 9.78. The van der Waals surface area contributed by atoms with Gasteiger partial charge in [0.1, 0.15) is 0 Å². The molecule has 5 rings (SSSR count). The van der Waals surface area contributed by atoms with E-state index in [2.05, 4.69) is 20.2 Å². The Hall–Kier alpha value is -3.27. The second-order valence-electron chi connectivity index (χ2n) is 8.10. The van der Waals surface area contributed by atoms with Gasteiger partial charge in [0, 0.05) is 29.9 Å². The number of aromatic nitrogens is 4. The van der Waals surface area contributed by atoms with Gasteiger partial charge in [-0.3, -0.25) is 9.52 Å². The van der Waals surface area contributed by atoms with Gasteiger partial charge in [-0.2, -0.15) is 0 Å². The lowest BCUT2D eigenvalue weighted by Crippen LogP contribution is -2.33. The largest absolute Gasteiger partial charge is 0.309 e. The van der Waals surface area contributed by atoms with Crippen molar-refractivity contribution in [3.05, 3.63) is 48.0 Å². The number of carbonyl (C=O) groups excluding carboxylic acids is 1. The van der Waals surface area contributed by atoms with Crippen LogP contribution in [0.1, 0.15) is 38.3 Å². The molecular formula is C21H22N6O3S. The van der Waals surface area contributed by atoms with E-state index in [-0.39, 0.29) is 16.8 Å². The number of amides is 1. The van der Waals surface area contributed by atoms with Crippen LogP contribution in [0, 0.1) is 0 Å². The Morgan fingerprint density at radius 3 is 2.71 bits per heavy atom. The molecule has 1 fully saturated rings. The summed E-state index contributed by atoms with van der Waals surface area (Å²) in [6, 6.07) is 12.3. The lowest BCUT2D eigenvalue weighted by atomic mass is 10.1. The maximum atomic E-state index is 13.0. The highest BCUT2D eigenvalue weighted by Crippen LogP contribution is 2.37. The van der Waals surface area contributed by atoms with Crippen molar-refractivity contribution in [2.24, 2.45) is 0 Å². The Morgan fingerprint density at radius 1 is 1.16 bits per heavy atom. The Labute approximate surface area is 180 Å². The highest BCUT2D eigenvalue weighted by molar-refractivity contribution is 7.92. The van der Waals surface area contributed by atoms with E-state index < -0.39 is 10.0 Å². The number of sulfonamides is 1. The van der Waals surface area contributed by atoms with Gasteiger partial charge in [-0.25, -0.2) is 13.1 Å². The van der Waals surface area contributed by atoms with Crippen LogP contribution >= 0.6 is 0 Å². The fourth-order valence-corrected chi connectivity index (χ4v) is 5.24. The van der Waals surface area contributed by atoms with Gasteiger partial charge < -0.3 is 4.90 Å². The normalized spacial score (nSPS) is 18.1. The molecule has 1 aliphatic heterocycles. The van der Waals surface area contributed by atoms with E-state index in [0.29, 0.717) is 24.0 Å². The van der Waals surface area contributed by atoms with Gasteiger partial charge in [-0.05, 0) is 72.5 Å². The first kappa shape index (κ1) is 19.7.